The number of halogens is 3. The first-order valence-electron chi connectivity index (χ1n) is 6.52. The Hall–Kier alpha value is -1.13. The molecule has 0 spiro atoms. The number of hydrogen-bond donors (Lipinski definition) is 0. The van der Waals surface area contributed by atoms with E-state index in [1.807, 2.05) is 0 Å². The van der Waals surface area contributed by atoms with Crippen LogP contribution in [0.3, 0.4) is 0 Å². The topological polar surface area (TPSA) is 9.23 Å². The molecule has 0 heterocycles. The van der Waals surface area contributed by atoms with Gasteiger partial charge in [-0.3, -0.25) is 0 Å². The molecule has 0 atom stereocenters. The summed E-state index contributed by atoms with van der Waals surface area (Å²) in [4.78, 5) is 0. The van der Waals surface area contributed by atoms with Crippen LogP contribution in [0.2, 0.25) is 0 Å². The Morgan fingerprint density at radius 1 is 0.889 bits per heavy atom. The van der Waals surface area contributed by atoms with Crippen molar-refractivity contribution in [3.05, 3.63) is 24.3 Å². The molecule has 0 amide bonds. The highest BCUT2D eigenvalue weighted by atomic mass is 19.4. The maximum absolute atomic E-state index is 12.5. The summed E-state index contributed by atoms with van der Waals surface area (Å²) >= 11 is 0. The highest BCUT2D eigenvalue weighted by Gasteiger charge is 2.25. The molecule has 0 saturated heterocycles. The third-order valence-corrected chi connectivity index (χ3v) is 3.36. The lowest BCUT2D eigenvalue weighted by atomic mass is 9.80. The van der Waals surface area contributed by atoms with E-state index in [9.17, 15) is 12.9 Å². The van der Waals surface area contributed by atoms with Gasteiger partial charge in [0.2, 0.25) is 0 Å². The van der Waals surface area contributed by atoms with Crippen LogP contribution < -0.4 is 10.2 Å². The molecule has 0 unspecified atom stereocenters. The normalized spacial score (nSPS) is 18.4. The van der Waals surface area contributed by atoms with Gasteiger partial charge in [-0.2, -0.15) is 0 Å². The molecular weight excluding hydrogens is 240 g/mol. The summed E-state index contributed by atoms with van der Waals surface area (Å²) in [5, 5.41) is 0. The molecule has 0 aromatic heterocycles. The largest absolute Gasteiger partial charge is 0.509 e. The Labute approximate surface area is 105 Å². The SMILES string of the molecule is F[B-](F)(F)c1ccc(OC2CCCCCC2)cc1. The maximum atomic E-state index is 12.5. The lowest BCUT2D eigenvalue weighted by Crippen LogP contribution is -2.33. The van der Waals surface area contributed by atoms with Crippen LogP contribution in [0.4, 0.5) is 12.9 Å². The minimum atomic E-state index is -4.90. The van der Waals surface area contributed by atoms with Crippen molar-refractivity contribution < 1.29 is 17.7 Å². The predicted octanol–water partition coefficient (Wildman–Crippen LogP) is 3.84. The minimum Gasteiger partial charge on any atom is -0.490 e. The van der Waals surface area contributed by atoms with E-state index in [4.69, 9.17) is 4.74 Å². The van der Waals surface area contributed by atoms with E-state index in [1.165, 1.54) is 25.0 Å². The molecule has 0 bridgehead atoms. The summed E-state index contributed by atoms with van der Waals surface area (Å²) in [6.45, 7) is -4.90. The van der Waals surface area contributed by atoms with Gasteiger partial charge in [0.25, 0.3) is 0 Å². The Bertz CT molecular complexity index is 367. The van der Waals surface area contributed by atoms with Crippen molar-refractivity contribution in [1.29, 1.82) is 0 Å². The average molecular weight is 257 g/mol. The molecule has 1 aromatic carbocycles. The molecule has 2 rings (SSSR count). The maximum Gasteiger partial charge on any atom is 0.509 e. The van der Waals surface area contributed by atoms with E-state index in [1.54, 1.807) is 0 Å². The summed E-state index contributed by atoms with van der Waals surface area (Å²) in [7, 11) is 0. The van der Waals surface area contributed by atoms with Crippen molar-refractivity contribution in [2.45, 2.75) is 44.6 Å². The highest BCUT2D eigenvalue weighted by Crippen LogP contribution is 2.22. The molecule has 1 aromatic rings. The molecule has 1 aliphatic carbocycles. The van der Waals surface area contributed by atoms with E-state index in [0.717, 1.165) is 37.8 Å². The summed E-state index contributed by atoms with van der Waals surface area (Å²) in [5.74, 6) is 0.547. The Morgan fingerprint density at radius 2 is 1.44 bits per heavy atom. The first-order chi connectivity index (χ1) is 8.55. The zero-order chi connectivity index (χ0) is 13.0. The van der Waals surface area contributed by atoms with Gasteiger partial charge >= 0.3 is 6.98 Å². The van der Waals surface area contributed by atoms with Gasteiger partial charge in [0.1, 0.15) is 5.75 Å². The van der Waals surface area contributed by atoms with E-state index in [2.05, 4.69) is 0 Å². The minimum absolute atomic E-state index is 0.162. The summed E-state index contributed by atoms with van der Waals surface area (Å²) < 4.78 is 43.1. The van der Waals surface area contributed by atoms with Gasteiger partial charge in [0.15, 0.2) is 0 Å². The fraction of sp³-hybridized carbons (Fsp3) is 0.538. The molecule has 18 heavy (non-hydrogen) atoms. The second-order valence-corrected chi connectivity index (χ2v) is 4.88. The van der Waals surface area contributed by atoms with Crippen LogP contribution in [0.1, 0.15) is 38.5 Å². The lowest BCUT2D eigenvalue weighted by Gasteiger charge is -2.19. The first kappa shape index (κ1) is 13.3. The van der Waals surface area contributed by atoms with Gasteiger partial charge in [-0.25, -0.2) is 0 Å². The molecule has 100 valence electrons. The van der Waals surface area contributed by atoms with Crippen molar-refractivity contribution in [2.75, 3.05) is 0 Å². The van der Waals surface area contributed by atoms with Crippen molar-refractivity contribution in [3.8, 4) is 5.75 Å². The fourth-order valence-electron chi connectivity index (χ4n) is 2.32. The third kappa shape index (κ3) is 3.69. The highest BCUT2D eigenvalue weighted by molar-refractivity contribution is 6.73. The second-order valence-electron chi connectivity index (χ2n) is 4.88. The Balaban J connectivity index is 1.97. The molecule has 1 aliphatic rings. The number of hydrogen-bond acceptors (Lipinski definition) is 1. The van der Waals surface area contributed by atoms with Crippen molar-refractivity contribution in [3.63, 3.8) is 0 Å². The van der Waals surface area contributed by atoms with Gasteiger partial charge in [-0.05, 0) is 37.8 Å². The van der Waals surface area contributed by atoms with Crippen molar-refractivity contribution in [1.82, 2.24) is 0 Å². The molecule has 1 fully saturated rings. The van der Waals surface area contributed by atoms with Gasteiger partial charge in [-0.15, -0.1) is 5.46 Å². The number of rotatable bonds is 3. The monoisotopic (exact) mass is 257 g/mol. The molecule has 0 N–H and O–H groups in total. The Morgan fingerprint density at radius 3 is 1.94 bits per heavy atom. The van der Waals surface area contributed by atoms with E-state index in [0.29, 0.717) is 5.75 Å². The summed E-state index contributed by atoms with van der Waals surface area (Å²) in [6.07, 6.45) is 6.93. The fourth-order valence-corrected chi connectivity index (χ4v) is 2.32. The van der Waals surface area contributed by atoms with Crippen molar-refractivity contribution in [2.24, 2.45) is 0 Å². The quantitative estimate of drug-likeness (QED) is 0.590. The van der Waals surface area contributed by atoms with Crippen molar-refractivity contribution >= 4 is 12.4 Å². The summed E-state index contributed by atoms with van der Waals surface area (Å²) in [6, 6.07) is 5.06. The van der Waals surface area contributed by atoms with Crippen LogP contribution >= 0.6 is 0 Å². The van der Waals surface area contributed by atoms with Crippen LogP contribution in [0, 0.1) is 0 Å². The lowest BCUT2D eigenvalue weighted by molar-refractivity contribution is 0.184. The zero-order valence-electron chi connectivity index (χ0n) is 10.2. The molecule has 0 aliphatic heterocycles. The molecular formula is C13H17BF3O-. The van der Waals surface area contributed by atoms with Crippen LogP contribution in [-0.4, -0.2) is 13.1 Å². The summed E-state index contributed by atoms with van der Waals surface area (Å²) in [5.41, 5.74) is -0.566. The molecule has 1 saturated carbocycles. The standard InChI is InChI=1S/C13H17BF3O/c15-14(16,17)11-7-9-13(10-8-11)18-12-5-3-1-2-4-6-12/h7-10,12H,1-6H2/q-1. The number of benzene rings is 1. The zero-order valence-corrected chi connectivity index (χ0v) is 10.2. The third-order valence-electron chi connectivity index (χ3n) is 3.36. The molecule has 0 radical (unpaired) electrons. The van der Waals surface area contributed by atoms with Gasteiger partial charge in [0.05, 0.1) is 6.10 Å². The van der Waals surface area contributed by atoms with Crippen LogP contribution in [0.15, 0.2) is 24.3 Å². The predicted molar refractivity (Wildman–Crippen MR) is 67.3 cm³/mol. The second kappa shape index (κ2) is 5.68. The average Bonchev–Trinajstić information content (AvgIpc) is 2.57. The van der Waals surface area contributed by atoms with E-state index < -0.39 is 12.4 Å². The first-order valence-corrected chi connectivity index (χ1v) is 6.52. The molecule has 1 nitrogen and oxygen atoms in total. The Kier molecular flexibility index (Phi) is 4.20. The number of ether oxygens (including phenoxy) is 1. The van der Waals surface area contributed by atoms with Gasteiger partial charge in [-0.1, -0.05) is 25.0 Å². The van der Waals surface area contributed by atoms with Crippen LogP contribution in [-0.2, 0) is 0 Å². The van der Waals surface area contributed by atoms with Crippen LogP contribution in [0.5, 0.6) is 5.75 Å². The van der Waals surface area contributed by atoms with Gasteiger partial charge in [0, 0.05) is 0 Å². The molecule has 5 heteroatoms. The van der Waals surface area contributed by atoms with Crippen LogP contribution in [0.25, 0.3) is 0 Å². The van der Waals surface area contributed by atoms with E-state index in [-0.39, 0.29) is 6.10 Å². The smallest absolute Gasteiger partial charge is 0.490 e. The van der Waals surface area contributed by atoms with E-state index >= 15 is 0 Å². The van der Waals surface area contributed by atoms with Gasteiger partial charge < -0.3 is 17.7 Å².